The van der Waals surface area contributed by atoms with Crippen molar-refractivity contribution >= 4 is 28.3 Å². The highest BCUT2D eigenvalue weighted by atomic mass is 32.1. The highest BCUT2D eigenvalue weighted by Crippen LogP contribution is 2.32. The molecular formula is C27H22N4O2S. The van der Waals surface area contributed by atoms with Gasteiger partial charge in [0.2, 0.25) is 0 Å². The third-order valence-corrected chi connectivity index (χ3v) is 7.09. The van der Waals surface area contributed by atoms with Crippen LogP contribution in [-0.2, 0) is 6.54 Å². The number of rotatable bonds is 3. The molecule has 0 radical (unpaired) electrons. The van der Waals surface area contributed by atoms with E-state index >= 15 is 0 Å². The number of aryl methyl sites for hydroxylation is 1. The molecule has 0 fully saturated rings. The third-order valence-electron chi connectivity index (χ3n) is 6.00. The Bertz CT molecular complexity index is 1510. The fourth-order valence-corrected chi connectivity index (χ4v) is 5.27. The Balaban J connectivity index is 1.28. The summed E-state index contributed by atoms with van der Waals surface area (Å²) < 4.78 is 5.99. The van der Waals surface area contributed by atoms with Gasteiger partial charge >= 0.3 is 0 Å². The highest BCUT2D eigenvalue weighted by molar-refractivity contribution is 7.17. The van der Waals surface area contributed by atoms with E-state index in [4.69, 9.17) is 4.74 Å². The van der Waals surface area contributed by atoms with Crippen molar-refractivity contribution in [2.75, 3.05) is 13.2 Å². The van der Waals surface area contributed by atoms with Crippen LogP contribution in [0.1, 0.15) is 21.1 Å². The van der Waals surface area contributed by atoms with Gasteiger partial charge in [0.05, 0.1) is 33.0 Å². The number of aromatic amines is 1. The van der Waals surface area contributed by atoms with Gasteiger partial charge in [0.15, 0.2) is 0 Å². The standard InChI is InChI=1S/C27H22N4O2S/c1-17-29-21-7-5-19(15-23(21)30-17)18-6-8-24-20(14-18)16-31(12-13-33-24)27(32)26-10-9-25(34-26)22-4-2-3-11-28-22/h2-11,14-15H,12-13,16H2,1H3,(H,29,30). The first-order chi connectivity index (χ1) is 16.6. The van der Waals surface area contributed by atoms with Crippen LogP contribution in [0.5, 0.6) is 5.75 Å². The number of amides is 1. The lowest BCUT2D eigenvalue weighted by molar-refractivity contribution is 0.0738. The monoisotopic (exact) mass is 466 g/mol. The first-order valence-corrected chi connectivity index (χ1v) is 12.0. The van der Waals surface area contributed by atoms with Crippen LogP contribution >= 0.6 is 11.3 Å². The Hall–Kier alpha value is -3.97. The number of aromatic nitrogens is 3. The maximum absolute atomic E-state index is 13.4. The van der Waals surface area contributed by atoms with Crippen molar-refractivity contribution in [1.29, 1.82) is 0 Å². The van der Waals surface area contributed by atoms with Crippen molar-refractivity contribution in [1.82, 2.24) is 19.9 Å². The van der Waals surface area contributed by atoms with E-state index in [0.717, 1.165) is 49.9 Å². The maximum atomic E-state index is 13.4. The van der Waals surface area contributed by atoms with Crippen molar-refractivity contribution in [2.45, 2.75) is 13.5 Å². The number of carbonyl (C=O) groups is 1. The molecule has 0 saturated carbocycles. The van der Waals surface area contributed by atoms with Crippen molar-refractivity contribution in [3.05, 3.63) is 89.2 Å². The lowest BCUT2D eigenvalue weighted by atomic mass is 10.0. The summed E-state index contributed by atoms with van der Waals surface area (Å²) in [7, 11) is 0. The molecule has 6 rings (SSSR count). The van der Waals surface area contributed by atoms with Gasteiger partial charge in [-0.3, -0.25) is 9.78 Å². The van der Waals surface area contributed by atoms with E-state index in [-0.39, 0.29) is 5.91 Å². The third kappa shape index (κ3) is 3.84. The highest BCUT2D eigenvalue weighted by Gasteiger charge is 2.23. The Kier molecular flexibility index (Phi) is 5.11. The summed E-state index contributed by atoms with van der Waals surface area (Å²) >= 11 is 1.48. The van der Waals surface area contributed by atoms with Crippen LogP contribution in [0.25, 0.3) is 32.7 Å². The number of carbonyl (C=O) groups excluding carboxylic acids is 1. The number of imidazole rings is 1. The lowest BCUT2D eigenvalue weighted by Crippen LogP contribution is -2.31. The van der Waals surface area contributed by atoms with Crippen LogP contribution in [0.15, 0.2) is 72.9 Å². The summed E-state index contributed by atoms with van der Waals surface area (Å²) in [5.41, 5.74) is 6.03. The molecule has 0 saturated heterocycles. The number of nitrogens with one attached hydrogen (secondary N) is 1. The van der Waals surface area contributed by atoms with Crippen molar-refractivity contribution in [3.63, 3.8) is 0 Å². The summed E-state index contributed by atoms with van der Waals surface area (Å²) in [6, 6.07) is 22.1. The van der Waals surface area contributed by atoms with Gasteiger partial charge < -0.3 is 14.6 Å². The molecule has 7 heteroatoms. The number of benzene rings is 2. The molecule has 0 unspecified atom stereocenters. The average Bonchev–Trinajstić information content (AvgIpc) is 3.44. The van der Waals surface area contributed by atoms with E-state index in [1.54, 1.807) is 6.20 Å². The van der Waals surface area contributed by atoms with Crippen LogP contribution in [0.3, 0.4) is 0 Å². The van der Waals surface area contributed by atoms with E-state index in [1.165, 1.54) is 11.3 Å². The predicted octanol–water partition coefficient (Wildman–Crippen LogP) is 5.70. The molecule has 5 aromatic rings. The molecule has 1 N–H and O–H groups in total. The van der Waals surface area contributed by atoms with Crippen molar-refractivity contribution in [3.8, 4) is 27.4 Å². The van der Waals surface area contributed by atoms with Gasteiger partial charge in [0.25, 0.3) is 5.91 Å². The predicted molar refractivity (Wildman–Crippen MR) is 134 cm³/mol. The zero-order chi connectivity index (χ0) is 23.1. The second kappa shape index (κ2) is 8.43. The summed E-state index contributed by atoms with van der Waals surface area (Å²) in [6.45, 7) is 3.47. The van der Waals surface area contributed by atoms with Crippen LogP contribution < -0.4 is 4.74 Å². The molecule has 4 heterocycles. The number of fused-ring (bicyclic) bond motifs is 2. The topological polar surface area (TPSA) is 71.1 Å². The first-order valence-electron chi connectivity index (χ1n) is 11.2. The minimum atomic E-state index is 0.0170. The Labute approximate surface area is 200 Å². The fraction of sp³-hybridized carbons (Fsp3) is 0.148. The van der Waals surface area contributed by atoms with Crippen LogP contribution in [-0.4, -0.2) is 38.9 Å². The number of H-pyrrole nitrogens is 1. The normalized spacial score (nSPS) is 13.4. The Morgan fingerprint density at radius 3 is 2.82 bits per heavy atom. The van der Waals surface area contributed by atoms with Gasteiger partial charge in [-0.1, -0.05) is 18.2 Å². The SMILES string of the molecule is Cc1nc2ccc(-c3ccc4c(c3)CN(C(=O)c3ccc(-c5ccccn5)s3)CCO4)cc2[nH]1. The quantitative estimate of drug-likeness (QED) is 0.370. The lowest BCUT2D eigenvalue weighted by Gasteiger charge is -2.19. The number of ether oxygens (including phenoxy) is 1. The zero-order valence-corrected chi connectivity index (χ0v) is 19.4. The molecule has 0 aliphatic carbocycles. The van der Waals surface area contributed by atoms with Gasteiger partial charge in [-0.25, -0.2) is 4.98 Å². The van der Waals surface area contributed by atoms with Crippen LogP contribution in [0.2, 0.25) is 0 Å². The number of thiophene rings is 1. The second-order valence-electron chi connectivity index (χ2n) is 8.33. The summed E-state index contributed by atoms with van der Waals surface area (Å²) in [5, 5.41) is 0. The van der Waals surface area contributed by atoms with Crippen LogP contribution in [0.4, 0.5) is 0 Å². The molecular weight excluding hydrogens is 444 g/mol. The minimum Gasteiger partial charge on any atom is -0.491 e. The molecule has 2 aromatic carbocycles. The van der Waals surface area contributed by atoms with E-state index in [1.807, 2.05) is 54.3 Å². The largest absolute Gasteiger partial charge is 0.491 e. The summed E-state index contributed by atoms with van der Waals surface area (Å²) in [5.74, 6) is 1.75. The van der Waals surface area contributed by atoms with E-state index in [2.05, 4.69) is 39.2 Å². The molecule has 1 aliphatic rings. The maximum Gasteiger partial charge on any atom is 0.264 e. The average molecular weight is 467 g/mol. The van der Waals surface area contributed by atoms with Gasteiger partial charge in [0, 0.05) is 18.3 Å². The van der Waals surface area contributed by atoms with Gasteiger partial charge in [-0.15, -0.1) is 11.3 Å². The van der Waals surface area contributed by atoms with Crippen molar-refractivity contribution in [2.24, 2.45) is 0 Å². The fourth-order valence-electron chi connectivity index (χ4n) is 4.32. The van der Waals surface area contributed by atoms with Gasteiger partial charge in [-0.05, 0) is 66.6 Å². The van der Waals surface area contributed by atoms with E-state index in [0.29, 0.717) is 24.6 Å². The molecule has 0 atom stereocenters. The minimum absolute atomic E-state index is 0.0170. The molecule has 1 amide bonds. The summed E-state index contributed by atoms with van der Waals surface area (Å²) in [4.78, 5) is 29.1. The van der Waals surface area contributed by atoms with E-state index in [9.17, 15) is 4.79 Å². The number of hydrogen-bond acceptors (Lipinski definition) is 5. The second-order valence-corrected chi connectivity index (χ2v) is 9.41. The first kappa shape index (κ1) is 20.6. The molecule has 0 bridgehead atoms. The number of hydrogen-bond donors (Lipinski definition) is 1. The van der Waals surface area contributed by atoms with Crippen LogP contribution in [0, 0.1) is 6.92 Å². The molecule has 3 aromatic heterocycles. The molecule has 34 heavy (non-hydrogen) atoms. The summed E-state index contributed by atoms with van der Waals surface area (Å²) in [6.07, 6.45) is 1.77. The Morgan fingerprint density at radius 1 is 1.06 bits per heavy atom. The number of nitrogens with zero attached hydrogens (tertiary/aromatic N) is 3. The Morgan fingerprint density at radius 2 is 1.94 bits per heavy atom. The molecule has 168 valence electrons. The van der Waals surface area contributed by atoms with Gasteiger partial charge in [0.1, 0.15) is 18.2 Å². The van der Waals surface area contributed by atoms with Gasteiger partial charge in [-0.2, -0.15) is 0 Å². The molecule has 0 spiro atoms. The molecule has 6 nitrogen and oxygen atoms in total. The smallest absolute Gasteiger partial charge is 0.264 e. The zero-order valence-electron chi connectivity index (χ0n) is 18.6. The van der Waals surface area contributed by atoms with Crippen molar-refractivity contribution < 1.29 is 9.53 Å². The van der Waals surface area contributed by atoms with E-state index < -0.39 is 0 Å². The molecule has 1 aliphatic heterocycles. The number of pyridine rings is 1.